The highest BCUT2D eigenvalue weighted by Crippen LogP contribution is 2.28. The number of Topliss-reactive ketones (excluding diaryl/α,β-unsaturated/α-hetero) is 1. The fraction of sp³-hybridized carbons (Fsp3) is 0.250. The molecule has 0 spiro atoms. The average molecular weight is 328 g/mol. The number of carbonyl (C=O) groups excluding carboxylic acids is 1. The minimum Gasteiger partial charge on any atom is -0.494 e. The number of thioether (sulfide) groups is 1. The van der Waals surface area contributed by atoms with Crippen LogP contribution in [0.4, 0.5) is 0 Å². The van der Waals surface area contributed by atoms with Crippen molar-refractivity contribution in [1.82, 2.24) is 19.6 Å². The van der Waals surface area contributed by atoms with Crippen LogP contribution in [0.2, 0.25) is 0 Å². The number of hydrogen-bond donors (Lipinski definition) is 0. The molecular weight excluding hydrogens is 312 g/mol. The largest absolute Gasteiger partial charge is 0.494 e. The quantitative estimate of drug-likeness (QED) is 0.512. The van der Waals surface area contributed by atoms with E-state index in [0.29, 0.717) is 28.9 Å². The number of aromatic nitrogens is 4. The van der Waals surface area contributed by atoms with Crippen LogP contribution >= 0.6 is 11.8 Å². The molecule has 3 aromatic rings. The summed E-state index contributed by atoms with van der Waals surface area (Å²) in [7, 11) is 0. The van der Waals surface area contributed by atoms with E-state index in [-0.39, 0.29) is 5.78 Å². The Balaban J connectivity index is 1.82. The lowest BCUT2D eigenvalue weighted by atomic mass is 10.1. The van der Waals surface area contributed by atoms with Crippen LogP contribution < -0.4 is 4.74 Å². The second kappa shape index (κ2) is 6.78. The Hall–Kier alpha value is -2.41. The van der Waals surface area contributed by atoms with Crippen LogP contribution in [-0.4, -0.2) is 32.0 Å². The lowest BCUT2D eigenvalue weighted by Crippen LogP contribution is -1.99. The molecule has 0 N–H and O–H groups in total. The molecule has 23 heavy (non-hydrogen) atoms. The predicted octanol–water partition coefficient (Wildman–Crippen LogP) is 3.02. The Morgan fingerprint density at radius 1 is 1.39 bits per heavy atom. The molecule has 0 fully saturated rings. The van der Waals surface area contributed by atoms with Gasteiger partial charge < -0.3 is 4.74 Å². The molecule has 0 saturated heterocycles. The monoisotopic (exact) mass is 328 g/mol. The smallest absolute Gasteiger partial charge is 0.253 e. The molecule has 118 valence electrons. The standard InChI is InChI=1S/C16H16N4O2S/c1-3-22-14-6-5-12(11(2)21)9-13(14)10-23-16-18-15-17-7-4-8-20(15)19-16/h4-9H,3,10H2,1-2H3. The molecule has 0 unspecified atom stereocenters. The highest BCUT2D eigenvalue weighted by atomic mass is 32.2. The summed E-state index contributed by atoms with van der Waals surface area (Å²) in [6.07, 6.45) is 3.49. The Bertz CT molecular complexity index is 814. The van der Waals surface area contributed by atoms with Gasteiger partial charge in [-0.25, -0.2) is 9.50 Å². The van der Waals surface area contributed by atoms with Crippen LogP contribution in [0.5, 0.6) is 5.75 Å². The number of fused-ring (bicyclic) bond motifs is 1. The Morgan fingerprint density at radius 3 is 3.00 bits per heavy atom. The van der Waals surface area contributed by atoms with Gasteiger partial charge in [0.05, 0.1) is 6.61 Å². The van der Waals surface area contributed by atoms with Crippen molar-refractivity contribution in [1.29, 1.82) is 0 Å². The maximum atomic E-state index is 11.6. The minimum absolute atomic E-state index is 0.0364. The van der Waals surface area contributed by atoms with E-state index in [0.717, 1.165) is 11.3 Å². The van der Waals surface area contributed by atoms with E-state index in [2.05, 4.69) is 15.1 Å². The number of benzene rings is 1. The second-order valence-electron chi connectivity index (χ2n) is 4.86. The van der Waals surface area contributed by atoms with Gasteiger partial charge in [-0.05, 0) is 38.1 Å². The van der Waals surface area contributed by atoms with Crippen LogP contribution in [0.15, 0.2) is 41.8 Å². The van der Waals surface area contributed by atoms with Gasteiger partial charge in [0.2, 0.25) is 5.16 Å². The minimum atomic E-state index is 0.0364. The van der Waals surface area contributed by atoms with Crippen molar-refractivity contribution in [3.8, 4) is 5.75 Å². The summed E-state index contributed by atoms with van der Waals surface area (Å²) in [6.45, 7) is 4.07. The first-order chi connectivity index (χ1) is 11.2. The summed E-state index contributed by atoms with van der Waals surface area (Å²) in [5.74, 6) is 2.01. The Labute approximate surface area is 137 Å². The molecule has 1 aromatic carbocycles. The lowest BCUT2D eigenvalue weighted by Gasteiger charge is -2.10. The highest BCUT2D eigenvalue weighted by molar-refractivity contribution is 7.98. The number of carbonyl (C=O) groups is 1. The van der Waals surface area contributed by atoms with Gasteiger partial charge in [-0.1, -0.05) is 11.8 Å². The molecular formula is C16H16N4O2S. The molecule has 2 aromatic heterocycles. The van der Waals surface area contributed by atoms with Crippen molar-refractivity contribution < 1.29 is 9.53 Å². The summed E-state index contributed by atoms with van der Waals surface area (Å²) in [6, 6.07) is 7.30. The fourth-order valence-electron chi connectivity index (χ4n) is 2.12. The van der Waals surface area contributed by atoms with E-state index in [9.17, 15) is 4.79 Å². The molecule has 7 heteroatoms. The van der Waals surface area contributed by atoms with Crippen LogP contribution in [0.25, 0.3) is 5.78 Å². The van der Waals surface area contributed by atoms with E-state index in [4.69, 9.17) is 4.74 Å². The van der Waals surface area contributed by atoms with E-state index in [1.54, 1.807) is 36.0 Å². The number of rotatable bonds is 6. The van der Waals surface area contributed by atoms with Crippen LogP contribution in [0, 0.1) is 0 Å². The molecule has 0 radical (unpaired) electrons. The molecule has 0 amide bonds. The molecule has 0 aliphatic heterocycles. The van der Waals surface area contributed by atoms with Crippen molar-refractivity contribution in [3.05, 3.63) is 47.8 Å². The first-order valence-electron chi connectivity index (χ1n) is 7.24. The Kier molecular flexibility index (Phi) is 4.57. The van der Waals surface area contributed by atoms with E-state index < -0.39 is 0 Å². The van der Waals surface area contributed by atoms with Crippen LogP contribution in [0.1, 0.15) is 29.8 Å². The Morgan fingerprint density at radius 2 is 2.26 bits per heavy atom. The molecule has 2 heterocycles. The van der Waals surface area contributed by atoms with Gasteiger partial charge in [0.1, 0.15) is 5.75 Å². The van der Waals surface area contributed by atoms with E-state index >= 15 is 0 Å². The van der Waals surface area contributed by atoms with Crippen LogP contribution in [0.3, 0.4) is 0 Å². The summed E-state index contributed by atoms with van der Waals surface area (Å²) in [4.78, 5) is 20.1. The maximum absolute atomic E-state index is 11.6. The molecule has 0 aliphatic rings. The highest BCUT2D eigenvalue weighted by Gasteiger charge is 2.11. The normalized spacial score (nSPS) is 10.9. The third-order valence-corrected chi connectivity index (χ3v) is 4.11. The van der Waals surface area contributed by atoms with Crippen molar-refractivity contribution in [3.63, 3.8) is 0 Å². The molecule has 6 nitrogen and oxygen atoms in total. The third kappa shape index (κ3) is 3.50. The molecule has 0 saturated carbocycles. The zero-order valence-corrected chi connectivity index (χ0v) is 13.7. The van der Waals surface area contributed by atoms with Gasteiger partial charge in [-0.2, -0.15) is 4.98 Å². The van der Waals surface area contributed by atoms with Gasteiger partial charge in [0.25, 0.3) is 5.78 Å². The molecule has 0 aliphatic carbocycles. The first kappa shape index (κ1) is 15.5. The number of ether oxygens (including phenoxy) is 1. The van der Waals surface area contributed by atoms with E-state index in [1.165, 1.54) is 11.8 Å². The van der Waals surface area contributed by atoms with Gasteiger partial charge in [0.15, 0.2) is 5.78 Å². The summed E-state index contributed by atoms with van der Waals surface area (Å²) < 4.78 is 7.27. The zero-order valence-electron chi connectivity index (χ0n) is 12.9. The number of hydrogen-bond acceptors (Lipinski definition) is 6. The summed E-state index contributed by atoms with van der Waals surface area (Å²) in [5, 5.41) is 5.00. The van der Waals surface area contributed by atoms with Gasteiger partial charge in [-0.3, -0.25) is 4.79 Å². The van der Waals surface area contributed by atoms with Crippen molar-refractivity contribution >= 4 is 23.3 Å². The molecule has 0 bridgehead atoms. The van der Waals surface area contributed by atoms with Crippen LogP contribution in [-0.2, 0) is 5.75 Å². The maximum Gasteiger partial charge on any atom is 0.253 e. The second-order valence-corrected chi connectivity index (χ2v) is 5.80. The van der Waals surface area contributed by atoms with Crippen molar-refractivity contribution in [2.24, 2.45) is 0 Å². The van der Waals surface area contributed by atoms with Gasteiger partial charge in [0, 0.05) is 29.3 Å². The van der Waals surface area contributed by atoms with Gasteiger partial charge >= 0.3 is 0 Å². The number of ketones is 1. The summed E-state index contributed by atoms with van der Waals surface area (Å²) >= 11 is 1.49. The lowest BCUT2D eigenvalue weighted by molar-refractivity contribution is 0.101. The summed E-state index contributed by atoms with van der Waals surface area (Å²) in [5.41, 5.74) is 1.63. The fourth-order valence-corrected chi connectivity index (χ4v) is 2.93. The first-order valence-corrected chi connectivity index (χ1v) is 8.23. The van der Waals surface area contributed by atoms with E-state index in [1.807, 2.05) is 19.1 Å². The average Bonchev–Trinajstić information content (AvgIpc) is 2.97. The van der Waals surface area contributed by atoms with Crippen molar-refractivity contribution in [2.45, 2.75) is 24.8 Å². The van der Waals surface area contributed by atoms with Gasteiger partial charge in [-0.15, -0.1) is 5.10 Å². The zero-order chi connectivity index (χ0) is 16.2. The molecule has 3 rings (SSSR count). The predicted molar refractivity (Wildman–Crippen MR) is 88.0 cm³/mol. The SMILES string of the molecule is CCOc1ccc(C(C)=O)cc1CSc1nc2ncccn2n1. The molecule has 0 atom stereocenters. The third-order valence-electron chi connectivity index (χ3n) is 3.22. The topological polar surface area (TPSA) is 69.4 Å². The van der Waals surface area contributed by atoms with Crippen molar-refractivity contribution in [2.75, 3.05) is 6.61 Å². The number of nitrogens with zero attached hydrogens (tertiary/aromatic N) is 4.